The first-order valence-electron chi connectivity index (χ1n) is 4.48. The zero-order valence-corrected chi connectivity index (χ0v) is 7.71. The summed E-state index contributed by atoms with van der Waals surface area (Å²) in [7, 11) is 0. The van der Waals surface area contributed by atoms with Crippen LogP contribution < -0.4 is 0 Å². The minimum Gasteiger partial charge on any atom is -0.339 e. The predicted molar refractivity (Wildman–Crippen MR) is 47.5 cm³/mol. The molecule has 66 valence electrons. The van der Waals surface area contributed by atoms with Gasteiger partial charge in [-0.15, -0.1) is 0 Å². The summed E-state index contributed by atoms with van der Waals surface area (Å²) in [5.74, 6) is 1.60. The second kappa shape index (κ2) is 2.12. The van der Waals surface area contributed by atoms with Crippen LogP contribution in [0.25, 0.3) is 0 Å². The van der Waals surface area contributed by atoms with Crippen molar-refractivity contribution in [3.63, 3.8) is 0 Å². The summed E-state index contributed by atoms with van der Waals surface area (Å²) in [6.07, 6.45) is 1.41. The van der Waals surface area contributed by atoms with E-state index in [0.29, 0.717) is 5.41 Å². The molecule has 0 spiro atoms. The van der Waals surface area contributed by atoms with Crippen molar-refractivity contribution in [1.29, 1.82) is 0 Å². The van der Waals surface area contributed by atoms with Gasteiger partial charge < -0.3 is 4.90 Å². The number of amides is 1. The lowest BCUT2D eigenvalue weighted by Gasteiger charge is -2.20. The molecule has 1 aliphatic heterocycles. The number of nitrogens with zero attached hydrogens (tertiary/aromatic N) is 1. The molecule has 2 aliphatic rings. The highest BCUT2D eigenvalue weighted by atomic mass is 16.2. The van der Waals surface area contributed by atoms with Gasteiger partial charge in [-0.05, 0) is 23.3 Å². The summed E-state index contributed by atoms with van der Waals surface area (Å²) >= 11 is 0. The molecule has 2 nitrogen and oxygen atoms in total. The molecule has 1 saturated heterocycles. The van der Waals surface area contributed by atoms with Gasteiger partial charge in [0.05, 0.1) is 0 Å². The van der Waals surface area contributed by atoms with E-state index in [1.165, 1.54) is 6.08 Å². The molecule has 0 bridgehead atoms. The number of rotatable bonds is 1. The molecule has 1 saturated carbocycles. The van der Waals surface area contributed by atoms with Crippen molar-refractivity contribution in [2.75, 3.05) is 13.1 Å². The van der Waals surface area contributed by atoms with Crippen LogP contribution >= 0.6 is 0 Å². The fourth-order valence-electron chi connectivity index (χ4n) is 2.44. The van der Waals surface area contributed by atoms with E-state index in [0.717, 1.165) is 24.9 Å². The zero-order chi connectivity index (χ0) is 8.93. The summed E-state index contributed by atoms with van der Waals surface area (Å²) in [4.78, 5) is 13.1. The topological polar surface area (TPSA) is 20.3 Å². The number of piperidine rings is 1. The smallest absolute Gasteiger partial charge is 0.245 e. The van der Waals surface area contributed by atoms with E-state index in [1.807, 2.05) is 4.90 Å². The van der Waals surface area contributed by atoms with Gasteiger partial charge in [0.25, 0.3) is 0 Å². The Kier molecular flexibility index (Phi) is 1.39. The standard InChI is InChI=1S/C10H15NO/c1-4-9(12)11-5-7-8(6-11)10(7,2)3/h4,7-8H,1,5-6H2,2-3H3/t7-,8+. The van der Waals surface area contributed by atoms with Crippen molar-refractivity contribution < 1.29 is 4.79 Å². The van der Waals surface area contributed by atoms with E-state index in [-0.39, 0.29) is 5.91 Å². The molecule has 1 aliphatic carbocycles. The van der Waals surface area contributed by atoms with Crippen molar-refractivity contribution in [3.8, 4) is 0 Å². The fraction of sp³-hybridized carbons (Fsp3) is 0.700. The maximum atomic E-state index is 11.2. The Morgan fingerprint density at radius 3 is 2.42 bits per heavy atom. The Hall–Kier alpha value is -0.790. The average Bonchev–Trinajstić information content (AvgIpc) is 2.52. The lowest BCUT2D eigenvalue weighted by atomic mass is 10.1. The molecule has 0 aromatic rings. The van der Waals surface area contributed by atoms with Crippen LogP contribution in [0, 0.1) is 17.3 Å². The van der Waals surface area contributed by atoms with Gasteiger partial charge in [0, 0.05) is 13.1 Å². The number of fused-ring (bicyclic) bond motifs is 1. The van der Waals surface area contributed by atoms with Crippen LogP contribution in [-0.4, -0.2) is 23.9 Å². The van der Waals surface area contributed by atoms with E-state index >= 15 is 0 Å². The Morgan fingerprint density at radius 1 is 1.50 bits per heavy atom. The minimum atomic E-state index is 0.0954. The Balaban J connectivity index is 1.98. The zero-order valence-electron chi connectivity index (χ0n) is 7.71. The molecule has 0 unspecified atom stereocenters. The van der Waals surface area contributed by atoms with Crippen molar-refractivity contribution in [2.24, 2.45) is 17.3 Å². The van der Waals surface area contributed by atoms with Gasteiger partial charge in [0.2, 0.25) is 5.91 Å². The van der Waals surface area contributed by atoms with Crippen LogP contribution in [-0.2, 0) is 4.79 Å². The first-order valence-corrected chi connectivity index (χ1v) is 4.48. The molecule has 1 heterocycles. The van der Waals surface area contributed by atoms with Crippen LogP contribution in [0.4, 0.5) is 0 Å². The van der Waals surface area contributed by atoms with Gasteiger partial charge in [-0.3, -0.25) is 4.79 Å². The van der Waals surface area contributed by atoms with Crippen LogP contribution in [0.5, 0.6) is 0 Å². The largest absolute Gasteiger partial charge is 0.339 e. The first-order chi connectivity index (χ1) is 5.57. The summed E-state index contributed by atoms with van der Waals surface area (Å²) < 4.78 is 0. The fourth-order valence-corrected chi connectivity index (χ4v) is 2.44. The van der Waals surface area contributed by atoms with Crippen LogP contribution in [0.1, 0.15) is 13.8 Å². The third kappa shape index (κ3) is 0.838. The summed E-state index contributed by atoms with van der Waals surface area (Å²) in [6, 6.07) is 0. The molecular weight excluding hydrogens is 150 g/mol. The number of carbonyl (C=O) groups is 1. The minimum absolute atomic E-state index is 0.0954. The highest BCUT2D eigenvalue weighted by Gasteiger charge is 2.62. The van der Waals surface area contributed by atoms with Crippen LogP contribution in [0.15, 0.2) is 12.7 Å². The highest BCUT2D eigenvalue weighted by molar-refractivity contribution is 5.87. The second-order valence-corrected chi connectivity index (χ2v) is 4.48. The van der Waals surface area contributed by atoms with Gasteiger partial charge in [-0.1, -0.05) is 20.4 Å². The van der Waals surface area contributed by atoms with Crippen molar-refractivity contribution in [1.82, 2.24) is 4.90 Å². The molecule has 2 fully saturated rings. The monoisotopic (exact) mass is 165 g/mol. The molecule has 12 heavy (non-hydrogen) atoms. The van der Waals surface area contributed by atoms with E-state index in [1.54, 1.807) is 0 Å². The summed E-state index contributed by atoms with van der Waals surface area (Å²) in [5, 5.41) is 0. The normalized spacial score (nSPS) is 36.0. The molecule has 2 rings (SSSR count). The van der Waals surface area contributed by atoms with Gasteiger partial charge in [0.1, 0.15) is 0 Å². The summed E-state index contributed by atoms with van der Waals surface area (Å²) in [5.41, 5.74) is 0.498. The molecule has 0 aromatic carbocycles. The molecule has 0 N–H and O–H groups in total. The van der Waals surface area contributed by atoms with Crippen LogP contribution in [0.2, 0.25) is 0 Å². The third-order valence-electron chi connectivity index (χ3n) is 3.61. The maximum absolute atomic E-state index is 11.2. The van der Waals surface area contributed by atoms with Gasteiger partial charge in [-0.25, -0.2) is 0 Å². The van der Waals surface area contributed by atoms with Crippen LogP contribution in [0.3, 0.4) is 0 Å². The molecular formula is C10H15NO. The van der Waals surface area contributed by atoms with Gasteiger partial charge in [0.15, 0.2) is 0 Å². The molecule has 0 radical (unpaired) electrons. The van der Waals surface area contributed by atoms with E-state index in [9.17, 15) is 4.79 Å². The Labute approximate surface area is 73.2 Å². The number of hydrogen-bond acceptors (Lipinski definition) is 1. The Morgan fingerprint density at radius 2 is 2.00 bits per heavy atom. The lowest BCUT2D eigenvalue weighted by Crippen LogP contribution is -2.31. The Bertz CT molecular complexity index is 230. The first kappa shape index (κ1) is 7.84. The highest BCUT2D eigenvalue weighted by Crippen LogP contribution is 2.61. The van der Waals surface area contributed by atoms with E-state index in [4.69, 9.17) is 0 Å². The number of carbonyl (C=O) groups excluding carboxylic acids is 1. The SMILES string of the molecule is C=CC(=O)N1C[C@@H]2[C@H](C1)C2(C)C. The van der Waals surface area contributed by atoms with E-state index in [2.05, 4.69) is 20.4 Å². The maximum Gasteiger partial charge on any atom is 0.245 e. The number of hydrogen-bond donors (Lipinski definition) is 0. The van der Waals surface area contributed by atoms with Gasteiger partial charge in [-0.2, -0.15) is 0 Å². The summed E-state index contributed by atoms with van der Waals surface area (Å²) in [6.45, 7) is 9.96. The van der Waals surface area contributed by atoms with Crippen molar-refractivity contribution in [3.05, 3.63) is 12.7 Å². The average molecular weight is 165 g/mol. The molecule has 2 heteroatoms. The van der Waals surface area contributed by atoms with Gasteiger partial charge >= 0.3 is 0 Å². The molecule has 1 amide bonds. The number of likely N-dealkylation sites (tertiary alicyclic amines) is 1. The third-order valence-corrected chi connectivity index (χ3v) is 3.61. The van der Waals surface area contributed by atoms with E-state index < -0.39 is 0 Å². The molecule has 0 aromatic heterocycles. The van der Waals surface area contributed by atoms with Crippen molar-refractivity contribution >= 4 is 5.91 Å². The molecule has 2 atom stereocenters. The quantitative estimate of drug-likeness (QED) is 0.536. The second-order valence-electron chi connectivity index (χ2n) is 4.48. The predicted octanol–water partition coefficient (Wildman–Crippen LogP) is 1.29. The lowest BCUT2D eigenvalue weighted by molar-refractivity contribution is -0.125. The van der Waals surface area contributed by atoms with Crippen molar-refractivity contribution in [2.45, 2.75) is 13.8 Å².